The molecule has 0 spiro atoms. The second-order valence-corrected chi connectivity index (χ2v) is 6.75. The fourth-order valence-corrected chi connectivity index (χ4v) is 3.42. The molecule has 0 amide bonds. The minimum absolute atomic E-state index is 0.582. The third kappa shape index (κ3) is 3.75. The van der Waals surface area contributed by atoms with Crippen molar-refractivity contribution in [1.82, 2.24) is 20.0 Å². The Kier molecular flexibility index (Phi) is 4.93. The molecule has 1 aromatic carbocycles. The van der Waals surface area contributed by atoms with E-state index in [4.69, 9.17) is 4.52 Å². The second kappa shape index (κ2) is 7.66. The maximum absolute atomic E-state index is 5.42. The van der Waals surface area contributed by atoms with E-state index in [0.29, 0.717) is 18.3 Å². The number of pyridine rings is 1. The molecule has 0 radical (unpaired) electrons. The number of rotatable bonds is 6. The zero-order valence-electron chi connectivity index (χ0n) is 15.0. The molecule has 0 atom stereocenters. The number of nitrogens with zero attached hydrogens (tertiary/aromatic N) is 5. The van der Waals surface area contributed by atoms with E-state index in [-0.39, 0.29) is 0 Å². The van der Waals surface area contributed by atoms with Crippen molar-refractivity contribution in [2.45, 2.75) is 25.9 Å². The summed E-state index contributed by atoms with van der Waals surface area (Å²) in [6.07, 6.45) is 6.04. The summed E-state index contributed by atoms with van der Waals surface area (Å²) in [5.74, 6) is 1.20. The van der Waals surface area contributed by atoms with E-state index in [0.717, 1.165) is 25.2 Å². The van der Waals surface area contributed by atoms with Crippen LogP contribution in [0.15, 0.2) is 53.3 Å². The number of aromatic nitrogens is 3. The van der Waals surface area contributed by atoms with Crippen molar-refractivity contribution in [1.29, 1.82) is 0 Å². The van der Waals surface area contributed by atoms with E-state index < -0.39 is 0 Å². The molecule has 6 nitrogen and oxygen atoms in total. The lowest BCUT2D eigenvalue weighted by Crippen LogP contribution is -2.23. The van der Waals surface area contributed by atoms with Crippen LogP contribution in [0, 0.1) is 0 Å². The molecule has 0 bridgehead atoms. The van der Waals surface area contributed by atoms with Gasteiger partial charge in [0.05, 0.1) is 6.54 Å². The van der Waals surface area contributed by atoms with E-state index in [9.17, 15) is 0 Å². The maximum Gasteiger partial charge on any atom is 0.241 e. The van der Waals surface area contributed by atoms with E-state index in [1.165, 1.54) is 24.1 Å². The molecule has 2 aromatic heterocycles. The van der Waals surface area contributed by atoms with Crippen LogP contribution in [0.25, 0.3) is 11.4 Å². The zero-order chi connectivity index (χ0) is 17.8. The Labute approximate surface area is 153 Å². The first-order chi connectivity index (χ1) is 12.8. The Balaban J connectivity index is 1.43. The van der Waals surface area contributed by atoms with Crippen molar-refractivity contribution < 1.29 is 4.52 Å². The number of hydrogen-bond donors (Lipinski definition) is 0. The van der Waals surface area contributed by atoms with Gasteiger partial charge in [-0.1, -0.05) is 23.4 Å². The molecule has 1 aliphatic heterocycles. The Morgan fingerprint density at radius 1 is 1.08 bits per heavy atom. The summed E-state index contributed by atoms with van der Waals surface area (Å²) in [7, 11) is 2.08. The average molecular weight is 349 g/mol. The average Bonchev–Trinajstić information content (AvgIpc) is 3.35. The predicted octanol–water partition coefficient (Wildman–Crippen LogP) is 3.36. The van der Waals surface area contributed by atoms with Gasteiger partial charge in [-0.15, -0.1) is 0 Å². The fraction of sp³-hybridized carbons (Fsp3) is 0.350. The van der Waals surface area contributed by atoms with Crippen LogP contribution in [-0.2, 0) is 13.1 Å². The summed E-state index contributed by atoms with van der Waals surface area (Å²) < 4.78 is 5.42. The van der Waals surface area contributed by atoms with Crippen molar-refractivity contribution >= 4 is 5.69 Å². The first-order valence-corrected chi connectivity index (χ1v) is 9.04. The number of benzene rings is 1. The van der Waals surface area contributed by atoms with E-state index in [2.05, 4.69) is 56.2 Å². The van der Waals surface area contributed by atoms with Crippen molar-refractivity contribution in [2.24, 2.45) is 0 Å². The molecule has 1 aliphatic rings. The minimum Gasteiger partial charge on any atom is -0.371 e. The van der Waals surface area contributed by atoms with E-state index >= 15 is 0 Å². The molecule has 0 N–H and O–H groups in total. The van der Waals surface area contributed by atoms with Crippen LogP contribution in [0.1, 0.15) is 24.3 Å². The predicted molar refractivity (Wildman–Crippen MR) is 101 cm³/mol. The topological polar surface area (TPSA) is 58.3 Å². The number of hydrogen-bond acceptors (Lipinski definition) is 6. The summed E-state index contributed by atoms with van der Waals surface area (Å²) in [6, 6.07) is 12.5. The Morgan fingerprint density at radius 2 is 1.92 bits per heavy atom. The summed E-state index contributed by atoms with van der Waals surface area (Å²) in [4.78, 5) is 13.3. The van der Waals surface area contributed by atoms with Gasteiger partial charge in [0.15, 0.2) is 0 Å². The van der Waals surface area contributed by atoms with Gasteiger partial charge >= 0.3 is 0 Å². The van der Waals surface area contributed by atoms with Crippen LogP contribution in [0.2, 0.25) is 0 Å². The maximum atomic E-state index is 5.42. The summed E-state index contributed by atoms with van der Waals surface area (Å²) in [5.41, 5.74) is 3.55. The standard InChI is InChI=1S/C20H23N5O/c1-24(14-17-7-2-3-9-18(17)25-11-4-5-12-25)15-19-22-20(23-26-19)16-8-6-10-21-13-16/h2-3,6-10,13H,4-5,11-12,14-15H2,1H3. The fourth-order valence-electron chi connectivity index (χ4n) is 3.42. The van der Waals surface area contributed by atoms with Gasteiger partial charge in [0, 0.05) is 43.3 Å². The Bertz CT molecular complexity index is 842. The molecule has 4 rings (SSSR count). The van der Waals surface area contributed by atoms with Crippen LogP contribution in [-0.4, -0.2) is 40.2 Å². The normalized spacial score (nSPS) is 14.3. The molecule has 1 fully saturated rings. The second-order valence-electron chi connectivity index (χ2n) is 6.75. The van der Waals surface area contributed by atoms with Crippen molar-refractivity contribution in [2.75, 3.05) is 25.0 Å². The highest BCUT2D eigenvalue weighted by atomic mass is 16.5. The molecule has 6 heteroatoms. The van der Waals surface area contributed by atoms with Gasteiger partial charge in [-0.2, -0.15) is 4.98 Å². The summed E-state index contributed by atoms with van der Waals surface area (Å²) in [6.45, 7) is 3.76. The molecule has 0 unspecified atom stereocenters. The third-order valence-corrected chi connectivity index (χ3v) is 4.67. The van der Waals surface area contributed by atoms with Crippen molar-refractivity contribution in [3.8, 4) is 11.4 Å². The van der Waals surface area contributed by atoms with Gasteiger partial charge in [-0.05, 0) is 43.7 Å². The molecule has 134 valence electrons. The zero-order valence-corrected chi connectivity index (χ0v) is 15.0. The van der Waals surface area contributed by atoms with Crippen LogP contribution in [0.4, 0.5) is 5.69 Å². The largest absolute Gasteiger partial charge is 0.371 e. The molecule has 0 saturated carbocycles. The van der Waals surface area contributed by atoms with Gasteiger partial charge in [-0.25, -0.2) is 0 Å². The van der Waals surface area contributed by atoms with E-state index in [1.54, 1.807) is 12.4 Å². The summed E-state index contributed by atoms with van der Waals surface area (Å²) in [5, 5.41) is 4.07. The molecule has 3 aromatic rings. The molecule has 1 saturated heterocycles. The highest BCUT2D eigenvalue weighted by Crippen LogP contribution is 2.25. The number of para-hydroxylation sites is 1. The summed E-state index contributed by atoms with van der Waals surface area (Å²) >= 11 is 0. The van der Waals surface area contributed by atoms with Crippen LogP contribution >= 0.6 is 0 Å². The first-order valence-electron chi connectivity index (χ1n) is 9.04. The van der Waals surface area contributed by atoms with Gasteiger partial charge in [0.1, 0.15) is 0 Å². The molecular formula is C20H23N5O. The molecular weight excluding hydrogens is 326 g/mol. The minimum atomic E-state index is 0.582. The lowest BCUT2D eigenvalue weighted by Gasteiger charge is -2.23. The highest BCUT2D eigenvalue weighted by Gasteiger charge is 2.17. The van der Waals surface area contributed by atoms with Crippen LogP contribution in [0.5, 0.6) is 0 Å². The monoisotopic (exact) mass is 349 g/mol. The molecule has 26 heavy (non-hydrogen) atoms. The lowest BCUT2D eigenvalue weighted by atomic mass is 10.1. The quantitative estimate of drug-likeness (QED) is 0.680. The first kappa shape index (κ1) is 16.7. The third-order valence-electron chi connectivity index (χ3n) is 4.67. The molecule has 0 aliphatic carbocycles. The van der Waals surface area contributed by atoms with Crippen molar-refractivity contribution in [3.63, 3.8) is 0 Å². The van der Waals surface area contributed by atoms with Crippen molar-refractivity contribution in [3.05, 3.63) is 60.2 Å². The van der Waals surface area contributed by atoms with Crippen LogP contribution in [0.3, 0.4) is 0 Å². The van der Waals surface area contributed by atoms with E-state index in [1.807, 2.05) is 12.1 Å². The Morgan fingerprint density at radius 3 is 2.73 bits per heavy atom. The van der Waals surface area contributed by atoms with Gasteiger partial charge in [0.2, 0.25) is 11.7 Å². The van der Waals surface area contributed by atoms with Crippen LogP contribution < -0.4 is 4.90 Å². The number of anilines is 1. The molecule has 3 heterocycles. The van der Waals surface area contributed by atoms with Gasteiger partial charge < -0.3 is 9.42 Å². The van der Waals surface area contributed by atoms with Gasteiger partial charge in [0.25, 0.3) is 0 Å². The SMILES string of the molecule is CN(Cc1nc(-c2cccnc2)no1)Cc1ccccc1N1CCCC1. The highest BCUT2D eigenvalue weighted by molar-refractivity contribution is 5.54. The lowest BCUT2D eigenvalue weighted by molar-refractivity contribution is 0.261. The smallest absolute Gasteiger partial charge is 0.241 e. The Hall–Kier alpha value is -2.73. The van der Waals surface area contributed by atoms with Gasteiger partial charge in [-0.3, -0.25) is 9.88 Å².